The molecule has 1 aliphatic rings. The van der Waals surface area contributed by atoms with E-state index in [4.69, 9.17) is 4.74 Å². The first-order valence-corrected chi connectivity index (χ1v) is 10.3. The third-order valence-corrected chi connectivity index (χ3v) is 5.67. The van der Waals surface area contributed by atoms with Crippen molar-refractivity contribution in [3.63, 3.8) is 0 Å². The minimum Gasteiger partial charge on any atom is -0.476 e. The van der Waals surface area contributed by atoms with E-state index in [0.29, 0.717) is 16.5 Å². The third-order valence-electron chi connectivity index (χ3n) is 5.67. The lowest BCUT2D eigenvalue weighted by Gasteiger charge is -2.24. The molecule has 1 aliphatic heterocycles. The summed E-state index contributed by atoms with van der Waals surface area (Å²) in [5.41, 5.74) is 2.30. The molecule has 1 unspecified atom stereocenters. The number of carbonyl (C=O) groups excluding carboxylic acids is 1. The number of nitrogens with zero attached hydrogens (tertiary/aromatic N) is 1. The number of H-pyrrole nitrogens is 1. The van der Waals surface area contributed by atoms with Gasteiger partial charge < -0.3 is 14.6 Å². The summed E-state index contributed by atoms with van der Waals surface area (Å²) in [5, 5.41) is 1.18. The Morgan fingerprint density at radius 2 is 1.57 bits per heavy atom. The fourth-order valence-electron chi connectivity index (χ4n) is 4.10. The number of rotatable bonds is 4. The molecule has 0 saturated carbocycles. The fraction of sp³-hybridized carbons (Fsp3) is 0.200. The van der Waals surface area contributed by atoms with Crippen LogP contribution < -0.4 is 10.2 Å². The second-order valence-electron chi connectivity index (χ2n) is 7.65. The zero-order valence-electron chi connectivity index (χ0n) is 16.5. The lowest BCUT2D eigenvalue weighted by atomic mass is 10.1. The van der Waals surface area contributed by atoms with Crippen LogP contribution in [0.5, 0.6) is 5.75 Å². The van der Waals surface area contributed by atoms with Crippen LogP contribution in [-0.4, -0.2) is 28.9 Å². The molecule has 5 nitrogen and oxygen atoms in total. The first-order chi connectivity index (χ1) is 14.7. The van der Waals surface area contributed by atoms with Crippen molar-refractivity contribution >= 4 is 27.7 Å². The number of carbonyl (C=O) groups is 1. The number of aromatic amines is 1. The molecular formula is C25H22N2O3. The molecule has 2 heterocycles. The number of likely N-dealkylation sites (tertiary alicyclic amines) is 1. The predicted octanol–water partition coefficient (Wildman–Crippen LogP) is 4.42. The maximum atomic E-state index is 13.2. The van der Waals surface area contributed by atoms with Crippen LogP contribution in [0.2, 0.25) is 0 Å². The van der Waals surface area contributed by atoms with Crippen molar-refractivity contribution in [1.82, 2.24) is 9.88 Å². The van der Waals surface area contributed by atoms with Crippen molar-refractivity contribution in [2.75, 3.05) is 13.1 Å². The van der Waals surface area contributed by atoms with Gasteiger partial charge in [0.1, 0.15) is 5.75 Å². The van der Waals surface area contributed by atoms with Crippen molar-refractivity contribution in [3.05, 3.63) is 88.6 Å². The lowest BCUT2D eigenvalue weighted by Crippen LogP contribution is -2.35. The molecule has 4 aromatic rings. The van der Waals surface area contributed by atoms with Crippen LogP contribution in [0.25, 0.3) is 21.8 Å². The zero-order chi connectivity index (χ0) is 20.5. The van der Waals surface area contributed by atoms with Gasteiger partial charge in [0.15, 0.2) is 5.43 Å². The molecule has 1 aromatic heterocycles. The Morgan fingerprint density at radius 3 is 2.37 bits per heavy atom. The number of pyridine rings is 1. The van der Waals surface area contributed by atoms with E-state index < -0.39 is 6.10 Å². The molecule has 5 heteroatoms. The molecule has 0 spiro atoms. The minimum atomic E-state index is -0.735. The highest BCUT2D eigenvalue weighted by Crippen LogP contribution is 2.28. The normalized spacial score (nSPS) is 14.9. The highest BCUT2D eigenvalue weighted by atomic mass is 16.5. The number of aromatic nitrogens is 1. The molecule has 1 atom stereocenters. The van der Waals surface area contributed by atoms with Gasteiger partial charge in [0.05, 0.1) is 5.52 Å². The van der Waals surface area contributed by atoms with E-state index in [-0.39, 0.29) is 11.3 Å². The van der Waals surface area contributed by atoms with Crippen LogP contribution in [-0.2, 0) is 4.79 Å². The number of benzene rings is 3. The van der Waals surface area contributed by atoms with Crippen molar-refractivity contribution < 1.29 is 9.53 Å². The molecule has 0 aliphatic carbocycles. The minimum absolute atomic E-state index is 0.0359. The predicted molar refractivity (Wildman–Crippen MR) is 118 cm³/mol. The van der Waals surface area contributed by atoms with Crippen molar-refractivity contribution in [2.24, 2.45) is 0 Å². The van der Waals surface area contributed by atoms with E-state index >= 15 is 0 Å². The van der Waals surface area contributed by atoms with Crippen LogP contribution in [0.1, 0.15) is 24.5 Å². The number of hydrogen-bond acceptors (Lipinski definition) is 3. The molecule has 3 aromatic carbocycles. The Morgan fingerprint density at radius 1 is 0.867 bits per heavy atom. The van der Waals surface area contributed by atoms with Gasteiger partial charge in [-0.3, -0.25) is 9.59 Å². The summed E-state index contributed by atoms with van der Waals surface area (Å²) >= 11 is 0. The van der Waals surface area contributed by atoms with E-state index in [1.165, 1.54) is 0 Å². The quantitative estimate of drug-likeness (QED) is 0.518. The van der Waals surface area contributed by atoms with Crippen LogP contribution in [0.15, 0.2) is 77.6 Å². The molecule has 1 amide bonds. The summed E-state index contributed by atoms with van der Waals surface area (Å²) in [7, 11) is 0. The highest BCUT2D eigenvalue weighted by molar-refractivity contribution is 5.93. The third kappa shape index (κ3) is 3.32. The Hall–Kier alpha value is -3.60. The molecule has 150 valence electrons. The Labute approximate surface area is 173 Å². The summed E-state index contributed by atoms with van der Waals surface area (Å²) in [6.07, 6.45) is 1.30. The molecular weight excluding hydrogens is 376 g/mol. The van der Waals surface area contributed by atoms with Gasteiger partial charge in [-0.05, 0) is 43.2 Å². The molecule has 1 saturated heterocycles. The fourth-order valence-corrected chi connectivity index (χ4v) is 4.10. The van der Waals surface area contributed by atoms with Gasteiger partial charge in [-0.2, -0.15) is 0 Å². The molecule has 0 bridgehead atoms. The maximum Gasteiger partial charge on any atom is 0.268 e. The first kappa shape index (κ1) is 18.4. The standard InChI is InChI=1S/C25H22N2O3/c28-23-19-10-4-5-11-21(19)26-22-13-12-18(16-20(22)23)30-24(17-8-2-1-3-9-17)25(29)27-14-6-7-15-27/h1-5,8-13,16,24H,6-7,14-15H2,(H,26,28). The average molecular weight is 398 g/mol. The van der Waals surface area contributed by atoms with Gasteiger partial charge in [0.2, 0.25) is 6.10 Å². The van der Waals surface area contributed by atoms with E-state index in [2.05, 4.69) is 4.98 Å². The zero-order valence-corrected chi connectivity index (χ0v) is 16.5. The van der Waals surface area contributed by atoms with Crippen LogP contribution >= 0.6 is 0 Å². The number of para-hydroxylation sites is 1. The summed E-state index contributed by atoms with van der Waals surface area (Å²) in [5.74, 6) is 0.468. The molecule has 1 fully saturated rings. The number of amides is 1. The van der Waals surface area contributed by atoms with E-state index in [0.717, 1.165) is 42.5 Å². The number of nitrogens with one attached hydrogen (secondary N) is 1. The SMILES string of the molecule is O=C(C(Oc1ccc2[nH]c3ccccc3c(=O)c2c1)c1ccccc1)N1CCCC1. The second kappa shape index (κ2) is 7.67. The Kier molecular flexibility index (Phi) is 4.71. The van der Waals surface area contributed by atoms with Crippen LogP contribution in [0.4, 0.5) is 0 Å². The summed E-state index contributed by atoms with van der Waals surface area (Å²) in [4.78, 5) is 31.3. The van der Waals surface area contributed by atoms with Gasteiger partial charge in [0, 0.05) is 34.9 Å². The number of hydrogen-bond donors (Lipinski definition) is 1. The van der Waals surface area contributed by atoms with Gasteiger partial charge >= 0.3 is 0 Å². The molecule has 0 radical (unpaired) electrons. The first-order valence-electron chi connectivity index (χ1n) is 10.3. The molecule has 1 N–H and O–H groups in total. The van der Waals surface area contributed by atoms with Crippen molar-refractivity contribution in [1.29, 1.82) is 0 Å². The van der Waals surface area contributed by atoms with E-state index in [1.807, 2.05) is 65.6 Å². The van der Waals surface area contributed by atoms with Gasteiger partial charge in [-0.25, -0.2) is 0 Å². The summed E-state index contributed by atoms with van der Waals surface area (Å²) < 4.78 is 6.21. The monoisotopic (exact) mass is 398 g/mol. The molecule has 5 rings (SSSR count). The van der Waals surface area contributed by atoms with Crippen LogP contribution in [0, 0.1) is 0 Å². The maximum absolute atomic E-state index is 13.2. The van der Waals surface area contributed by atoms with E-state index in [9.17, 15) is 9.59 Å². The molecule has 30 heavy (non-hydrogen) atoms. The Balaban J connectivity index is 1.55. The average Bonchev–Trinajstić information content (AvgIpc) is 3.33. The van der Waals surface area contributed by atoms with Gasteiger partial charge in [-0.15, -0.1) is 0 Å². The summed E-state index contributed by atoms with van der Waals surface area (Å²) in [6.45, 7) is 1.52. The Bertz CT molecular complexity index is 1270. The van der Waals surface area contributed by atoms with E-state index in [1.54, 1.807) is 12.1 Å². The topological polar surface area (TPSA) is 62.4 Å². The number of fused-ring (bicyclic) bond motifs is 2. The highest BCUT2D eigenvalue weighted by Gasteiger charge is 2.29. The largest absolute Gasteiger partial charge is 0.476 e. The lowest BCUT2D eigenvalue weighted by molar-refractivity contribution is -0.137. The smallest absolute Gasteiger partial charge is 0.268 e. The number of ether oxygens (including phenoxy) is 1. The second-order valence-corrected chi connectivity index (χ2v) is 7.65. The summed E-state index contributed by atoms with van der Waals surface area (Å²) in [6, 6.07) is 22.3. The van der Waals surface area contributed by atoms with Crippen molar-refractivity contribution in [2.45, 2.75) is 18.9 Å². The van der Waals surface area contributed by atoms with Gasteiger partial charge in [0.25, 0.3) is 5.91 Å². The van der Waals surface area contributed by atoms with Crippen molar-refractivity contribution in [3.8, 4) is 5.75 Å². The van der Waals surface area contributed by atoms with Gasteiger partial charge in [-0.1, -0.05) is 42.5 Å². The van der Waals surface area contributed by atoms with Crippen LogP contribution in [0.3, 0.4) is 0 Å².